The lowest BCUT2D eigenvalue weighted by atomic mass is 9.96. The third-order valence-corrected chi connectivity index (χ3v) is 6.62. The number of hydrogen-bond acceptors (Lipinski definition) is 6. The van der Waals surface area contributed by atoms with Crippen molar-refractivity contribution in [3.8, 4) is 0 Å². The molecule has 1 saturated heterocycles. The van der Waals surface area contributed by atoms with Gasteiger partial charge in [-0.2, -0.15) is 0 Å². The summed E-state index contributed by atoms with van der Waals surface area (Å²) in [5, 5.41) is 0.333. The standard InChI is InChI=1S/C21H31N5O3S/c1-12-9-8-10-26(11-12)17(27)13(2)30-16-14-15(22-19(23-16)21(3,4)5)24(6)20(29)25(7)18(14)28/h12-13H,8-11H2,1-7H3/t12-,13-/m1/s1. The second-order valence-corrected chi connectivity index (χ2v) is 10.6. The number of carbonyl (C=O) groups is 1. The highest BCUT2D eigenvalue weighted by atomic mass is 32.2. The lowest BCUT2D eigenvalue weighted by molar-refractivity contribution is -0.131. The van der Waals surface area contributed by atoms with Crippen molar-refractivity contribution in [2.75, 3.05) is 13.1 Å². The van der Waals surface area contributed by atoms with Crippen molar-refractivity contribution >= 4 is 28.7 Å². The Balaban J connectivity index is 2.11. The van der Waals surface area contributed by atoms with Gasteiger partial charge in [0.2, 0.25) is 5.91 Å². The molecule has 0 bridgehead atoms. The number of aromatic nitrogens is 4. The van der Waals surface area contributed by atoms with Crippen molar-refractivity contribution < 1.29 is 4.79 Å². The molecule has 2 atom stereocenters. The zero-order valence-electron chi connectivity index (χ0n) is 18.9. The zero-order valence-corrected chi connectivity index (χ0v) is 19.7. The van der Waals surface area contributed by atoms with Gasteiger partial charge in [-0.3, -0.25) is 18.7 Å². The summed E-state index contributed by atoms with van der Waals surface area (Å²) < 4.78 is 2.43. The minimum atomic E-state index is -0.442. The molecule has 0 spiro atoms. The van der Waals surface area contributed by atoms with Crippen LogP contribution in [0.4, 0.5) is 0 Å². The third kappa shape index (κ3) is 4.17. The molecule has 2 aromatic heterocycles. The van der Waals surface area contributed by atoms with Crippen molar-refractivity contribution in [2.45, 2.75) is 63.2 Å². The molecule has 0 aromatic carbocycles. The van der Waals surface area contributed by atoms with Crippen LogP contribution in [0.3, 0.4) is 0 Å². The fraction of sp³-hybridized carbons (Fsp3) is 0.667. The first-order valence-electron chi connectivity index (χ1n) is 10.4. The molecule has 1 fully saturated rings. The van der Waals surface area contributed by atoms with Crippen LogP contribution < -0.4 is 11.2 Å². The smallest absolute Gasteiger partial charge is 0.332 e. The molecule has 1 amide bonds. The quantitative estimate of drug-likeness (QED) is 0.544. The van der Waals surface area contributed by atoms with Crippen LogP contribution in [0.5, 0.6) is 0 Å². The Morgan fingerprint density at radius 2 is 1.83 bits per heavy atom. The number of aryl methyl sites for hydroxylation is 1. The maximum atomic E-state index is 13.1. The largest absolute Gasteiger partial charge is 0.341 e. The van der Waals surface area contributed by atoms with Crippen molar-refractivity contribution in [3.63, 3.8) is 0 Å². The van der Waals surface area contributed by atoms with Crippen LogP contribution in [0, 0.1) is 5.92 Å². The highest BCUT2D eigenvalue weighted by Gasteiger charge is 2.29. The monoisotopic (exact) mass is 433 g/mol. The van der Waals surface area contributed by atoms with E-state index < -0.39 is 16.5 Å². The average molecular weight is 434 g/mol. The number of piperidine rings is 1. The van der Waals surface area contributed by atoms with Gasteiger partial charge in [-0.25, -0.2) is 14.8 Å². The topological polar surface area (TPSA) is 90.1 Å². The molecule has 0 N–H and O–H groups in total. The molecule has 164 valence electrons. The fourth-order valence-corrected chi connectivity index (χ4v) is 4.73. The molecule has 9 heteroatoms. The van der Waals surface area contributed by atoms with Crippen molar-refractivity contribution in [1.82, 2.24) is 24.0 Å². The molecule has 0 saturated carbocycles. The van der Waals surface area contributed by atoms with Crippen molar-refractivity contribution in [3.05, 3.63) is 26.7 Å². The highest BCUT2D eigenvalue weighted by Crippen LogP contribution is 2.31. The van der Waals surface area contributed by atoms with E-state index in [2.05, 4.69) is 16.9 Å². The normalized spacial score (nSPS) is 18.6. The van der Waals surface area contributed by atoms with E-state index in [1.807, 2.05) is 32.6 Å². The summed E-state index contributed by atoms with van der Waals surface area (Å²) in [5.41, 5.74) is -0.955. The second kappa shape index (κ2) is 8.17. The van der Waals surface area contributed by atoms with Gasteiger partial charge < -0.3 is 4.90 Å². The Morgan fingerprint density at radius 1 is 1.17 bits per heavy atom. The molecule has 3 rings (SSSR count). The lowest BCUT2D eigenvalue weighted by Gasteiger charge is -2.32. The van der Waals surface area contributed by atoms with Gasteiger partial charge in [0.05, 0.1) is 5.25 Å². The number of fused-ring (bicyclic) bond motifs is 1. The van der Waals surface area contributed by atoms with Gasteiger partial charge in [0.15, 0.2) is 5.65 Å². The van der Waals surface area contributed by atoms with Gasteiger partial charge in [0, 0.05) is 32.6 Å². The molecular weight excluding hydrogens is 402 g/mol. The Labute approximate surface area is 180 Å². The van der Waals surface area contributed by atoms with Crippen LogP contribution >= 0.6 is 11.8 Å². The minimum absolute atomic E-state index is 0.0530. The summed E-state index contributed by atoms with van der Waals surface area (Å²) >= 11 is 1.27. The molecule has 3 heterocycles. The summed E-state index contributed by atoms with van der Waals surface area (Å²) in [7, 11) is 3.04. The van der Waals surface area contributed by atoms with E-state index in [0.29, 0.717) is 22.4 Å². The number of likely N-dealkylation sites (tertiary alicyclic amines) is 1. The summed E-state index contributed by atoms with van der Waals surface area (Å²) in [4.78, 5) is 49.6. The van der Waals surface area contributed by atoms with E-state index in [1.54, 1.807) is 7.05 Å². The van der Waals surface area contributed by atoms with E-state index in [0.717, 1.165) is 30.5 Å². The Morgan fingerprint density at radius 3 is 2.43 bits per heavy atom. The highest BCUT2D eigenvalue weighted by molar-refractivity contribution is 8.00. The van der Waals surface area contributed by atoms with Gasteiger partial charge in [-0.05, 0) is 25.7 Å². The van der Waals surface area contributed by atoms with Gasteiger partial charge in [-0.15, -0.1) is 0 Å². The first-order valence-corrected chi connectivity index (χ1v) is 11.2. The van der Waals surface area contributed by atoms with Crippen LogP contribution in [0.2, 0.25) is 0 Å². The summed E-state index contributed by atoms with van der Waals surface area (Å²) in [6.07, 6.45) is 2.15. The van der Waals surface area contributed by atoms with Gasteiger partial charge >= 0.3 is 5.69 Å². The first-order chi connectivity index (χ1) is 13.9. The Hall–Kier alpha value is -2.16. The number of rotatable bonds is 3. The SMILES string of the molecule is C[C@@H]1CCCN(C(=O)[C@@H](C)Sc2nc(C(C)(C)C)nc3c2c(=O)n(C)c(=O)n3C)C1. The number of carbonyl (C=O) groups excluding carboxylic acids is 1. The number of hydrogen-bond donors (Lipinski definition) is 0. The molecule has 0 unspecified atom stereocenters. The summed E-state index contributed by atoms with van der Waals surface area (Å²) in [5.74, 6) is 1.08. The third-order valence-electron chi connectivity index (χ3n) is 5.54. The molecular formula is C21H31N5O3S. The predicted octanol–water partition coefficient (Wildman–Crippen LogP) is 2.06. The second-order valence-electron chi connectivity index (χ2n) is 9.30. The molecule has 0 radical (unpaired) electrons. The summed E-state index contributed by atoms with van der Waals surface area (Å²) in [6, 6.07) is 0. The molecule has 0 aliphatic carbocycles. The zero-order chi connectivity index (χ0) is 22.4. The Kier molecular flexibility index (Phi) is 6.13. The summed E-state index contributed by atoms with van der Waals surface area (Å²) in [6.45, 7) is 11.5. The van der Waals surface area contributed by atoms with E-state index in [9.17, 15) is 14.4 Å². The van der Waals surface area contributed by atoms with Crippen LogP contribution in [0.15, 0.2) is 14.6 Å². The molecule has 2 aromatic rings. The minimum Gasteiger partial charge on any atom is -0.341 e. The van der Waals surface area contributed by atoms with Crippen LogP contribution in [-0.4, -0.2) is 48.2 Å². The lowest BCUT2D eigenvalue weighted by Crippen LogP contribution is -2.43. The van der Waals surface area contributed by atoms with E-state index in [4.69, 9.17) is 0 Å². The van der Waals surface area contributed by atoms with E-state index in [1.165, 1.54) is 23.4 Å². The van der Waals surface area contributed by atoms with Crippen LogP contribution in [0.1, 0.15) is 53.3 Å². The first kappa shape index (κ1) is 22.5. The van der Waals surface area contributed by atoms with Crippen LogP contribution in [-0.2, 0) is 24.3 Å². The molecule has 1 aliphatic rings. The van der Waals surface area contributed by atoms with Crippen molar-refractivity contribution in [1.29, 1.82) is 0 Å². The van der Waals surface area contributed by atoms with Crippen LogP contribution in [0.25, 0.3) is 11.0 Å². The molecule has 30 heavy (non-hydrogen) atoms. The van der Waals surface area contributed by atoms with Gasteiger partial charge in [-0.1, -0.05) is 39.5 Å². The number of thioether (sulfide) groups is 1. The number of amides is 1. The Bertz CT molecular complexity index is 1100. The fourth-order valence-electron chi connectivity index (χ4n) is 3.71. The maximum Gasteiger partial charge on any atom is 0.332 e. The van der Waals surface area contributed by atoms with E-state index >= 15 is 0 Å². The molecule has 1 aliphatic heterocycles. The van der Waals surface area contributed by atoms with E-state index in [-0.39, 0.29) is 16.7 Å². The van der Waals surface area contributed by atoms with Gasteiger partial charge in [0.1, 0.15) is 16.2 Å². The predicted molar refractivity (Wildman–Crippen MR) is 119 cm³/mol. The average Bonchev–Trinajstić information content (AvgIpc) is 2.68. The van der Waals surface area contributed by atoms with Gasteiger partial charge in [0.25, 0.3) is 5.56 Å². The molecule has 8 nitrogen and oxygen atoms in total. The number of nitrogens with zero attached hydrogens (tertiary/aromatic N) is 5. The van der Waals surface area contributed by atoms with Crippen molar-refractivity contribution in [2.24, 2.45) is 20.0 Å². The maximum absolute atomic E-state index is 13.1.